The van der Waals surface area contributed by atoms with E-state index in [1.807, 2.05) is 12.1 Å². The number of aromatic nitrogens is 1. The Morgan fingerprint density at radius 2 is 2.08 bits per heavy atom. The van der Waals surface area contributed by atoms with Crippen LogP contribution in [0.1, 0.15) is 31.2 Å². The number of aryl methyl sites for hydroxylation is 1. The molecule has 1 aromatic rings. The molecule has 0 aliphatic carbocycles. The van der Waals surface area contributed by atoms with Gasteiger partial charge in [-0.1, -0.05) is 0 Å². The molecule has 2 heterocycles. The average Bonchev–Trinajstić information content (AvgIpc) is 2.62. The smallest absolute Gasteiger partial charge is 0.305 e. The first-order chi connectivity index (χ1) is 12.5. The number of pyridine rings is 1. The van der Waals surface area contributed by atoms with Gasteiger partial charge in [-0.15, -0.1) is 0 Å². The van der Waals surface area contributed by atoms with Crippen LogP contribution < -0.4 is 5.32 Å². The van der Waals surface area contributed by atoms with Crippen LogP contribution in [0.2, 0.25) is 0 Å². The van der Waals surface area contributed by atoms with Crippen LogP contribution in [0.25, 0.3) is 0 Å². The molecule has 142 valence electrons. The number of nitrogens with one attached hydrogen (secondary N) is 1. The number of carboxylic acid groups (broad SMARTS) is 1. The molecular weight excluding hydrogens is 338 g/mol. The third kappa shape index (κ3) is 6.11. The van der Waals surface area contributed by atoms with Gasteiger partial charge in [0.15, 0.2) is 0 Å². The first-order valence-corrected chi connectivity index (χ1v) is 8.79. The number of hydrogen-bond acceptors (Lipinski definition) is 5. The number of aliphatic hydroxyl groups is 1. The van der Waals surface area contributed by atoms with Gasteiger partial charge >= 0.3 is 5.97 Å². The SMILES string of the molecule is O=C(O)CC(CO)NC(=O)CN1CCCC(CCc2ccncc2)C1=O. The molecule has 8 nitrogen and oxygen atoms in total. The fourth-order valence-corrected chi connectivity index (χ4v) is 3.15. The van der Waals surface area contributed by atoms with Crippen molar-refractivity contribution in [3.63, 3.8) is 0 Å². The molecule has 2 rings (SSSR count). The summed E-state index contributed by atoms with van der Waals surface area (Å²) in [5.74, 6) is -1.71. The second-order valence-electron chi connectivity index (χ2n) is 6.54. The van der Waals surface area contributed by atoms with Crippen LogP contribution in [-0.4, -0.2) is 63.6 Å². The highest BCUT2D eigenvalue weighted by Crippen LogP contribution is 2.22. The number of aliphatic hydroxyl groups excluding tert-OH is 1. The quantitative estimate of drug-likeness (QED) is 0.577. The first-order valence-electron chi connectivity index (χ1n) is 8.79. The summed E-state index contributed by atoms with van der Waals surface area (Å²) in [5.41, 5.74) is 1.13. The van der Waals surface area contributed by atoms with E-state index in [4.69, 9.17) is 10.2 Å². The molecule has 1 fully saturated rings. The van der Waals surface area contributed by atoms with Gasteiger partial charge in [0.25, 0.3) is 0 Å². The topological polar surface area (TPSA) is 120 Å². The highest BCUT2D eigenvalue weighted by atomic mass is 16.4. The second-order valence-corrected chi connectivity index (χ2v) is 6.54. The van der Waals surface area contributed by atoms with E-state index in [1.165, 1.54) is 4.90 Å². The molecule has 2 atom stereocenters. The Hall–Kier alpha value is -2.48. The van der Waals surface area contributed by atoms with E-state index in [9.17, 15) is 14.4 Å². The Morgan fingerprint density at radius 3 is 2.73 bits per heavy atom. The van der Waals surface area contributed by atoms with E-state index >= 15 is 0 Å². The van der Waals surface area contributed by atoms with Crippen molar-refractivity contribution < 1.29 is 24.6 Å². The normalized spacial score (nSPS) is 18.4. The molecule has 1 aromatic heterocycles. The van der Waals surface area contributed by atoms with E-state index in [-0.39, 0.29) is 24.8 Å². The van der Waals surface area contributed by atoms with Gasteiger partial charge in [-0.2, -0.15) is 0 Å². The summed E-state index contributed by atoms with van der Waals surface area (Å²) in [6.45, 7) is -0.0536. The first kappa shape index (κ1) is 19.8. The second kappa shape index (κ2) is 9.86. The van der Waals surface area contributed by atoms with E-state index in [1.54, 1.807) is 12.4 Å². The van der Waals surface area contributed by atoms with Crippen LogP contribution in [0.5, 0.6) is 0 Å². The van der Waals surface area contributed by atoms with E-state index in [0.29, 0.717) is 6.54 Å². The third-order valence-electron chi connectivity index (χ3n) is 4.51. The molecule has 0 aromatic carbocycles. The van der Waals surface area contributed by atoms with Crippen LogP contribution in [0.3, 0.4) is 0 Å². The zero-order valence-corrected chi connectivity index (χ0v) is 14.6. The molecule has 0 spiro atoms. The van der Waals surface area contributed by atoms with Gasteiger partial charge in [-0.3, -0.25) is 19.4 Å². The number of piperidine rings is 1. The highest BCUT2D eigenvalue weighted by molar-refractivity contribution is 5.86. The summed E-state index contributed by atoms with van der Waals surface area (Å²) in [5, 5.41) is 20.4. The van der Waals surface area contributed by atoms with Crippen LogP contribution >= 0.6 is 0 Å². The Morgan fingerprint density at radius 1 is 1.35 bits per heavy atom. The Kier molecular flexibility index (Phi) is 7.53. The summed E-state index contributed by atoms with van der Waals surface area (Å²) in [6.07, 6.45) is 6.24. The number of likely N-dealkylation sites (tertiary alicyclic amines) is 1. The fourth-order valence-electron chi connectivity index (χ4n) is 3.15. The summed E-state index contributed by atoms with van der Waals surface area (Å²) in [4.78, 5) is 40.9. The van der Waals surface area contributed by atoms with Gasteiger partial charge < -0.3 is 20.4 Å². The number of amides is 2. The summed E-state index contributed by atoms with van der Waals surface area (Å²) < 4.78 is 0. The number of rotatable bonds is 9. The molecule has 26 heavy (non-hydrogen) atoms. The molecule has 1 aliphatic rings. The predicted octanol–water partition coefficient (Wildman–Crippen LogP) is 0.205. The minimum atomic E-state index is -1.10. The largest absolute Gasteiger partial charge is 0.481 e. The van der Waals surface area contributed by atoms with Crippen molar-refractivity contribution >= 4 is 17.8 Å². The Balaban J connectivity index is 1.84. The lowest BCUT2D eigenvalue weighted by Crippen LogP contribution is -2.49. The molecule has 0 saturated carbocycles. The maximum atomic E-state index is 12.6. The van der Waals surface area contributed by atoms with Gasteiger partial charge in [0.05, 0.1) is 25.6 Å². The van der Waals surface area contributed by atoms with Gasteiger partial charge in [0.2, 0.25) is 11.8 Å². The fraction of sp³-hybridized carbons (Fsp3) is 0.556. The van der Waals surface area contributed by atoms with Crippen molar-refractivity contribution in [2.75, 3.05) is 19.7 Å². The zero-order chi connectivity index (χ0) is 18.9. The van der Waals surface area contributed by atoms with Crippen LogP contribution in [-0.2, 0) is 20.8 Å². The summed E-state index contributed by atoms with van der Waals surface area (Å²) in [7, 11) is 0. The molecule has 8 heteroatoms. The average molecular weight is 363 g/mol. The maximum absolute atomic E-state index is 12.6. The molecular formula is C18H25N3O5. The lowest BCUT2D eigenvalue weighted by molar-refractivity contribution is -0.143. The van der Waals surface area contributed by atoms with Gasteiger partial charge in [0, 0.05) is 24.9 Å². The van der Waals surface area contributed by atoms with Crippen LogP contribution in [0.15, 0.2) is 24.5 Å². The Bertz CT molecular complexity index is 623. The van der Waals surface area contributed by atoms with Crippen LogP contribution in [0.4, 0.5) is 0 Å². The third-order valence-corrected chi connectivity index (χ3v) is 4.51. The van der Waals surface area contributed by atoms with Gasteiger partial charge in [-0.25, -0.2) is 0 Å². The van der Waals surface area contributed by atoms with Crippen molar-refractivity contribution in [1.29, 1.82) is 0 Å². The minimum absolute atomic E-state index is 0.0424. The van der Waals surface area contributed by atoms with E-state index < -0.39 is 24.5 Å². The molecule has 3 N–H and O–H groups in total. The summed E-state index contributed by atoms with van der Waals surface area (Å²) >= 11 is 0. The van der Waals surface area contributed by atoms with Crippen molar-refractivity contribution in [2.45, 2.75) is 38.1 Å². The van der Waals surface area contributed by atoms with Crippen LogP contribution in [0, 0.1) is 5.92 Å². The molecule has 2 amide bonds. The summed E-state index contributed by atoms with van der Waals surface area (Å²) in [6, 6.07) is 3.01. The lowest BCUT2D eigenvalue weighted by atomic mass is 9.91. The number of hydrogen-bond donors (Lipinski definition) is 3. The molecule has 1 saturated heterocycles. The maximum Gasteiger partial charge on any atom is 0.305 e. The van der Waals surface area contributed by atoms with Crippen molar-refractivity contribution in [2.24, 2.45) is 5.92 Å². The molecule has 0 radical (unpaired) electrons. The van der Waals surface area contributed by atoms with E-state index in [0.717, 1.165) is 31.2 Å². The van der Waals surface area contributed by atoms with Crippen molar-refractivity contribution in [3.05, 3.63) is 30.1 Å². The van der Waals surface area contributed by atoms with E-state index in [2.05, 4.69) is 10.3 Å². The van der Waals surface area contributed by atoms with Crippen molar-refractivity contribution in [1.82, 2.24) is 15.2 Å². The number of carbonyl (C=O) groups is 3. The minimum Gasteiger partial charge on any atom is -0.481 e. The van der Waals surface area contributed by atoms with Gasteiger partial charge in [0.1, 0.15) is 0 Å². The number of nitrogens with zero attached hydrogens (tertiary/aromatic N) is 2. The van der Waals surface area contributed by atoms with Crippen molar-refractivity contribution in [3.8, 4) is 0 Å². The lowest BCUT2D eigenvalue weighted by Gasteiger charge is -2.32. The monoisotopic (exact) mass is 363 g/mol. The Labute approximate surface area is 152 Å². The molecule has 0 bridgehead atoms. The number of aliphatic carboxylic acids is 1. The van der Waals surface area contributed by atoms with Gasteiger partial charge in [-0.05, 0) is 43.4 Å². The standard InChI is InChI=1S/C18H25N3O5/c22-12-15(10-17(24)25)20-16(23)11-21-9-1-2-14(18(21)26)4-3-13-5-7-19-8-6-13/h5-8,14-15,22H,1-4,9-12H2,(H,20,23)(H,24,25). The number of carboxylic acids is 1. The highest BCUT2D eigenvalue weighted by Gasteiger charge is 2.30. The predicted molar refractivity (Wildman–Crippen MR) is 93.1 cm³/mol. The zero-order valence-electron chi connectivity index (χ0n) is 14.6. The molecule has 2 unspecified atom stereocenters. The molecule has 1 aliphatic heterocycles. The number of carbonyl (C=O) groups excluding carboxylic acids is 2.